The average Bonchev–Trinajstić information content (AvgIpc) is 2.92. The summed E-state index contributed by atoms with van der Waals surface area (Å²) in [6, 6.07) is 10.4. The topological polar surface area (TPSA) is 29.5 Å². The molecule has 1 aromatic rings. The Kier molecular flexibility index (Phi) is 1.56. The Balaban J connectivity index is 1.70. The summed E-state index contributed by atoms with van der Waals surface area (Å²) in [5, 5.41) is 0. The van der Waals surface area contributed by atoms with Gasteiger partial charge in [-0.05, 0) is 12.3 Å². The maximum atomic E-state index is 12.1. The predicted octanol–water partition coefficient (Wildman–Crippen LogP) is 1.56. The van der Waals surface area contributed by atoms with Gasteiger partial charge in [-0.2, -0.15) is 0 Å². The van der Waals surface area contributed by atoms with Crippen LogP contribution < -0.4 is 0 Å². The van der Waals surface area contributed by atoms with Crippen LogP contribution >= 0.6 is 0 Å². The van der Waals surface area contributed by atoms with E-state index in [4.69, 9.17) is 4.74 Å². The maximum absolute atomic E-state index is 12.1. The largest absolute Gasteiger partial charge is 0.352 e. The third kappa shape index (κ3) is 0.990. The minimum Gasteiger partial charge on any atom is -0.352 e. The highest BCUT2D eigenvalue weighted by atomic mass is 16.5. The van der Waals surface area contributed by atoms with E-state index in [9.17, 15) is 4.79 Å². The van der Waals surface area contributed by atoms with Gasteiger partial charge in [-0.15, -0.1) is 0 Å². The number of fused-ring (bicyclic) bond motifs is 3. The number of amides is 1. The predicted molar refractivity (Wildman–Crippen MR) is 57.4 cm³/mol. The van der Waals surface area contributed by atoms with E-state index in [1.165, 1.54) is 0 Å². The summed E-state index contributed by atoms with van der Waals surface area (Å²) < 4.78 is 5.78. The molecule has 2 aliphatic heterocycles. The number of hydrogen-bond donors (Lipinski definition) is 0. The minimum atomic E-state index is -0.133. The molecule has 1 aromatic carbocycles. The summed E-state index contributed by atoms with van der Waals surface area (Å²) in [4.78, 5) is 14.0. The van der Waals surface area contributed by atoms with Crippen molar-refractivity contribution in [1.29, 1.82) is 0 Å². The van der Waals surface area contributed by atoms with Crippen molar-refractivity contribution < 1.29 is 9.53 Å². The van der Waals surface area contributed by atoms with Crippen molar-refractivity contribution in [2.45, 2.75) is 18.7 Å². The molecule has 2 saturated heterocycles. The van der Waals surface area contributed by atoms with Gasteiger partial charge >= 0.3 is 0 Å². The van der Waals surface area contributed by atoms with Crippen LogP contribution in [0, 0.1) is 11.8 Å². The van der Waals surface area contributed by atoms with Gasteiger partial charge in [0.05, 0.1) is 12.6 Å². The maximum Gasteiger partial charge on any atom is 0.228 e. The van der Waals surface area contributed by atoms with Gasteiger partial charge in [0.2, 0.25) is 5.91 Å². The van der Waals surface area contributed by atoms with E-state index in [1.54, 1.807) is 0 Å². The third-order valence-corrected chi connectivity index (χ3v) is 4.03. The first kappa shape index (κ1) is 8.76. The zero-order valence-corrected chi connectivity index (χ0v) is 8.87. The molecule has 4 rings (SSSR count). The van der Waals surface area contributed by atoms with E-state index in [1.807, 2.05) is 35.2 Å². The van der Waals surface area contributed by atoms with Gasteiger partial charge in [-0.1, -0.05) is 30.3 Å². The van der Waals surface area contributed by atoms with Crippen molar-refractivity contribution in [2.75, 3.05) is 6.61 Å². The highest BCUT2D eigenvalue weighted by molar-refractivity contribution is 5.86. The van der Waals surface area contributed by atoms with Crippen molar-refractivity contribution >= 4 is 5.91 Å². The van der Waals surface area contributed by atoms with E-state index in [2.05, 4.69) is 0 Å². The zero-order valence-electron chi connectivity index (χ0n) is 8.87. The number of carbonyl (C=O) groups is 1. The lowest BCUT2D eigenvalue weighted by atomic mass is 10.1. The summed E-state index contributed by atoms with van der Waals surface area (Å²) in [5.74, 6) is 1.21. The first-order chi connectivity index (χ1) is 7.86. The number of piperidine rings is 1. The smallest absolute Gasteiger partial charge is 0.228 e. The fourth-order valence-electron chi connectivity index (χ4n) is 3.12. The Bertz CT molecular complexity index is 445. The summed E-state index contributed by atoms with van der Waals surface area (Å²) in [6.45, 7) is 0.715. The molecule has 3 aliphatic rings. The van der Waals surface area contributed by atoms with E-state index < -0.39 is 0 Å². The molecule has 3 heteroatoms. The molecule has 0 unspecified atom stereocenters. The van der Waals surface area contributed by atoms with Crippen LogP contribution in [0.2, 0.25) is 0 Å². The molecule has 16 heavy (non-hydrogen) atoms. The van der Waals surface area contributed by atoms with Crippen molar-refractivity contribution in [3.63, 3.8) is 0 Å². The molecule has 3 nitrogen and oxygen atoms in total. The first-order valence-electron chi connectivity index (χ1n) is 5.85. The van der Waals surface area contributed by atoms with Crippen molar-refractivity contribution in [3.8, 4) is 0 Å². The van der Waals surface area contributed by atoms with Crippen LogP contribution in [0.15, 0.2) is 30.3 Å². The van der Waals surface area contributed by atoms with Crippen LogP contribution in [0.3, 0.4) is 0 Å². The van der Waals surface area contributed by atoms with Crippen LogP contribution in [0.5, 0.6) is 0 Å². The molecule has 0 spiro atoms. The normalized spacial score (nSPS) is 39.8. The molecule has 1 aliphatic carbocycles. The molecule has 0 bridgehead atoms. The molecule has 1 amide bonds. The van der Waals surface area contributed by atoms with Gasteiger partial charge in [0.1, 0.15) is 0 Å². The van der Waals surface area contributed by atoms with Crippen LogP contribution in [0.25, 0.3) is 0 Å². The SMILES string of the molecule is O=C1[C@@H]2C[C@@H]2[C@H]2CO[C@H](c3ccccc3)N12. The minimum absolute atomic E-state index is 0.133. The second-order valence-corrected chi connectivity index (χ2v) is 4.92. The van der Waals surface area contributed by atoms with E-state index in [0.717, 1.165) is 12.0 Å². The number of carbonyl (C=O) groups excluding carboxylic acids is 1. The van der Waals surface area contributed by atoms with Crippen molar-refractivity contribution in [3.05, 3.63) is 35.9 Å². The second-order valence-electron chi connectivity index (χ2n) is 4.92. The number of hydrogen-bond acceptors (Lipinski definition) is 2. The van der Waals surface area contributed by atoms with Gasteiger partial charge in [0.15, 0.2) is 6.23 Å². The van der Waals surface area contributed by atoms with Crippen LogP contribution in [-0.2, 0) is 9.53 Å². The Morgan fingerprint density at radius 1 is 1.25 bits per heavy atom. The lowest BCUT2D eigenvalue weighted by Gasteiger charge is -2.24. The molecular formula is C13H13NO2. The molecule has 1 saturated carbocycles. The summed E-state index contributed by atoms with van der Waals surface area (Å²) >= 11 is 0. The fraction of sp³-hybridized carbons (Fsp3) is 0.462. The standard InChI is InChI=1S/C13H13NO2/c15-12-10-6-9(10)11-7-16-13(14(11)12)8-4-2-1-3-5-8/h1-5,9-11,13H,6-7H2/t9-,10+,11+,13+/m0/s1. The quantitative estimate of drug-likeness (QED) is 0.711. The lowest BCUT2D eigenvalue weighted by Crippen LogP contribution is -2.34. The summed E-state index contributed by atoms with van der Waals surface area (Å²) in [7, 11) is 0. The van der Waals surface area contributed by atoms with Crippen molar-refractivity contribution in [1.82, 2.24) is 4.90 Å². The van der Waals surface area contributed by atoms with Gasteiger partial charge in [-0.3, -0.25) is 4.79 Å². The molecule has 2 heterocycles. The van der Waals surface area contributed by atoms with Gasteiger partial charge < -0.3 is 9.64 Å². The van der Waals surface area contributed by atoms with Crippen LogP contribution in [-0.4, -0.2) is 23.5 Å². The highest BCUT2D eigenvalue weighted by Gasteiger charge is 2.62. The highest BCUT2D eigenvalue weighted by Crippen LogP contribution is 2.55. The van der Waals surface area contributed by atoms with Crippen LogP contribution in [0.1, 0.15) is 18.2 Å². The van der Waals surface area contributed by atoms with Crippen molar-refractivity contribution in [2.24, 2.45) is 11.8 Å². The molecule has 3 fully saturated rings. The third-order valence-electron chi connectivity index (χ3n) is 4.03. The Morgan fingerprint density at radius 2 is 2.06 bits per heavy atom. The van der Waals surface area contributed by atoms with Crippen LogP contribution in [0.4, 0.5) is 0 Å². The average molecular weight is 215 g/mol. The second kappa shape index (κ2) is 2.86. The fourth-order valence-corrected chi connectivity index (χ4v) is 3.12. The zero-order chi connectivity index (χ0) is 10.7. The summed E-state index contributed by atoms with van der Waals surface area (Å²) in [6.07, 6.45) is 0.955. The van der Waals surface area contributed by atoms with Gasteiger partial charge in [0.25, 0.3) is 0 Å². The lowest BCUT2D eigenvalue weighted by molar-refractivity contribution is -0.136. The number of rotatable bonds is 1. The Labute approximate surface area is 94.0 Å². The van der Waals surface area contributed by atoms with Gasteiger partial charge in [-0.25, -0.2) is 0 Å². The molecule has 0 radical (unpaired) electrons. The summed E-state index contributed by atoms with van der Waals surface area (Å²) in [5.41, 5.74) is 1.10. The molecule has 82 valence electrons. The van der Waals surface area contributed by atoms with Gasteiger partial charge in [0, 0.05) is 11.5 Å². The first-order valence-corrected chi connectivity index (χ1v) is 5.85. The van der Waals surface area contributed by atoms with E-state index in [0.29, 0.717) is 30.4 Å². The number of benzene rings is 1. The Morgan fingerprint density at radius 3 is 2.88 bits per heavy atom. The number of ether oxygens (including phenoxy) is 1. The molecule has 0 aromatic heterocycles. The number of nitrogens with zero attached hydrogens (tertiary/aromatic N) is 1. The van der Waals surface area contributed by atoms with E-state index in [-0.39, 0.29) is 6.23 Å². The molecule has 0 N–H and O–H groups in total. The molecule has 4 atom stereocenters. The monoisotopic (exact) mass is 215 g/mol. The Hall–Kier alpha value is -1.35. The molecular weight excluding hydrogens is 202 g/mol. The van der Waals surface area contributed by atoms with E-state index >= 15 is 0 Å².